The second kappa shape index (κ2) is 18.2. The van der Waals surface area contributed by atoms with E-state index in [1.54, 1.807) is 63.4 Å². The molecular formula is C73H78N4O. The zero-order valence-corrected chi connectivity index (χ0v) is 43.7. The third kappa shape index (κ3) is 8.68. The van der Waals surface area contributed by atoms with Crippen molar-refractivity contribution in [3.63, 3.8) is 0 Å². The van der Waals surface area contributed by atoms with Gasteiger partial charge in [-0.15, -0.1) is 0 Å². The van der Waals surface area contributed by atoms with Crippen LogP contribution in [0, 0.1) is 6.33 Å². The Bertz CT molecular complexity index is 5420. The maximum Gasteiger partial charge on any atom is 0.269 e. The van der Waals surface area contributed by atoms with Crippen LogP contribution in [0.2, 0.25) is 0 Å². The first-order valence-corrected chi connectivity index (χ1v) is 25.2. The van der Waals surface area contributed by atoms with Crippen LogP contribution in [0.5, 0.6) is 11.5 Å². The highest BCUT2D eigenvalue weighted by atomic mass is 16.5. The van der Waals surface area contributed by atoms with Crippen molar-refractivity contribution in [1.29, 1.82) is 0 Å². The minimum Gasteiger partial charge on any atom is -0.458 e. The van der Waals surface area contributed by atoms with Crippen LogP contribution in [0.15, 0.2) is 158 Å². The maximum atomic E-state index is 10.6. The van der Waals surface area contributed by atoms with E-state index in [1.165, 1.54) is 16.7 Å². The Morgan fingerprint density at radius 2 is 1.24 bits per heavy atom. The van der Waals surface area contributed by atoms with Gasteiger partial charge < -0.3 is 4.74 Å². The first-order valence-electron chi connectivity index (χ1n) is 43.7. The van der Waals surface area contributed by atoms with Gasteiger partial charge in [0.2, 0.25) is 0 Å². The number of pyridine rings is 1. The lowest BCUT2D eigenvalue weighted by Gasteiger charge is -2.43. The highest BCUT2D eigenvalue weighted by Crippen LogP contribution is 2.51. The maximum absolute atomic E-state index is 10.6. The molecule has 2 aliphatic carbocycles. The van der Waals surface area contributed by atoms with Gasteiger partial charge in [-0.05, 0) is 175 Å². The summed E-state index contributed by atoms with van der Waals surface area (Å²) in [5.74, 6) is 1.05. The standard InChI is InChI=1S/C73H78N4O/c1-15-73(14)38-37-72(12,13)61-41-48(27-32-59(61)73)55-24-19-23-54(47-26-31-58-60(40-47)71(10,11)36-35-70(58,8)9)67(55)76-46-75(63-33-28-49(42-65(63)76)68(2,3)4)51-20-18-21-52(44-51)78-53-29-30-57-56-22-16-17-25-62(56)77(64(57)45-53)66-43-50(34-39-74-66)69(5,6)7/h16-34,39-45H,15,35-38H2,1-14H3/i8D3,9D3,10D3,11D3,12D3,13D3,14D3,15D2,26D,27D,31D,32D,35D2,36D2,37D2,38D2,40D,41D. The molecule has 1 unspecified atom stereocenters. The van der Waals surface area contributed by atoms with E-state index >= 15 is 0 Å². The topological polar surface area (TPSA) is 35.9 Å². The largest absolute Gasteiger partial charge is 0.458 e. The molecule has 2 aliphatic rings. The number of rotatable bonds is 8. The van der Waals surface area contributed by atoms with Crippen molar-refractivity contribution in [3.8, 4) is 50.9 Å². The van der Waals surface area contributed by atoms with E-state index in [2.05, 4.69) is 27.1 Å². The summed E-state index contributed by atoms with van der Waals surface area (Å²) >= 11 is 0. The molecule has 10 aromatic rings. The number of fused-ring (bicyclic) bond motifs is 6. The molecule has 0 N–H and O–H groups in total. The molecule has 0 aliphatic heterocycles. The number of benzene rings is 7. The van der Waals surface area contributed by atoms with E-state index in [9.17, 15) is 30.2 Å². The number of imidazole rings is 1. The fraction of sp³-hybridized carbons (Fsp3) is 0.342. The van der Waals surface area contributed by atoms with Gasteiger partial charge in [0, 0.05) is 65.5 Å². The molecule has 7 aromatic carbocycles. The Balaban J connectivity index is 1.28. The summed E-state index contributed by atoms with van der Waals surface area (Å²) in [5, 5.41) is 1.73. The van der Waals surface area contributed by atoms with Gasteiger partial charge >= 0.3 is 0 Å². The molecule has 3 heterocycles. The van der Waals surface area contributed by atoms with Gasteiger partial charge in [-0.25, -0.2) is 4.98 Å². The monoisotopic (exact) mass is 1060 g/mol. The van der Waals surface area contributed by atoms with Gasteiger partial charge in [0.25, 0.3) is 6.33 Å². The predicted molar refractivity (Wildman–Crippen MR) is 326 cm³/mol. The van der Waals surface area contributed by atoms with Crippen LogP contribution < -0.4 is 9.30 Å². The lowest BCUT2D eigenvalue weighted by atomic mass is 9.61. The molecule has 0 spiro atoms. The number of nitrogens with zero attached hydrogens (tertiary/aromatic N) is 4. The molecule has 3 aromatic heterocycles. The Morgan fingerprint density at radius 3 is 1.94 bits per heavy atom. The third-order valence-electron chi connectivity index (χ3n) is 14.5. The van der Waals surface area contributed by atoms with Crippen LogP contribution in [-0.2, 0) is 32.5 Å². The summed E-state index contributed by atoms with van der Waals surface area (Å²) < 4.78 is 359. The average molecular weight is 1060 g/mol. The normalized spacial score (nSPS) is 28.7. The van der Waals surface area contributed by atoms with Gasteiger partial charge in [0.05, 0.1) is 41.7 Å². The average Bonchev–Trinajstić information content (AvgIpc) is 1.10. The fourth-order valence-electron chi connectivity index (χ4n) is 10.2. The number of para-hydroxylation sites is 2. The van der Waals surface area contributed by atoms with Crippen molar-refractivity contribution in [2.45, 2.75) is 161 Å². The van der Waals surface area contributed by atoms with Gasteiger partial charge in [-0.3, -0.25) is 13.7 Å². The Morgan fingerprint density at radius 1 is 0.615 bits per heavy atom. The lowest BCUT2D eigenvalue weighted by Crippen LogP contribution is -2.35. The summed E-state index contributed by atoms with van der Waals surface area (Å²) in [6.07, 6.45) is -17.8. The zero-order valence-electron chi connectivity index (χ0n) is 80.7. The first kappa shape index (κ1) is 24.4. The van der Waals surface area contributed by atoms with Crippen LogP contribution in [0.4, 0.5) is 0 Å². The van der Waals surface area contributed by atoms with Gasteiger partial charge in [-0.1, -0.05) is 187 Å². The van der Waals surface area contributed by atoms with E-state index in [0.717, 1.165) is 44.6 Å². The first-order chi connectivity index (χ1) is 52.0. The molecular weight excluding hydrogens is 949 g/mol. The molecule has 5 nitrogen and oxygen atoms in total. The van der Waals surface area contributed by atoms with Crippen molar-refractivity contribution < 1.29 is 60.0 Å². The fourth-order valence-corrected chi connectivity index (χ4v) is 10.2. The van der Waals surface area contributed by atoms with Crippen LogP contribution in [0.3, 0.4) is 0 Å². The van der Waals surface area contributed by atoms with Crippen LogP contribution >= 0.6 is 0 Å². The van der Waals surface area contributed by atoms with Crippen LogP contribution in [0.1, 0.15) is 212 Å². The zero-order chi connectivity index (χ0) is 86.6. The minimum atomic E-state index is -4.84. The molecule has 12 rings (SSSR count). The quantitative estimate of drug-likeness (QED) is 0.112. The number of aromatic nitrogens is 4. The number of hydrogen-bond acceptors (Lipinski definition) is 2. The van der Waals surface area contributed by atoms with E-state index < -0.39 is 193 Å². The molecule has 0 saturated heterocycles. The molecule has 396 valence electrons. The summed E-state index contributed by atoms with van der Waals surface area (Å²) in [7, 11) is 0. The van der Waals surface area contributed by atoms with E-state index in [1.807, 2.05) is 53.1 Å². The Kier molecular flexibility index (Phi) is 5.68. The molecule has 78 heavy (non-hydrogen) atoms. The summed E-state index contributed by atoms with van der Waals surface area (Å²) in [4.78, 5) is 4.79. The molecule has 1 atom stereocenters. The molecule has 0 saturated carbocycles. The summed E-state index contributed by atoms with van der Waals surface area (Å²) in [5.41, 5.74) is -28.7. The molecule has 0 bridgehead atoms. The van der Waals surface area contributed by atoms with Crippen LogP contribution in [-0.4, -0.2) is 14.1 Å². The van der Waals surface area contributed by atoms with Gasteiger partial charge in [-0.2, -0.15) is 0 Å². The Hall–Kier alpha value is -7.24. The summed E-state index contributed by atoms with van der Waals surface area (Å²) in [6.45, 7) is -19.6. The molecule has 0 amide bonds. The SMILES string of the molecule is [2H]c1c([2H])c2c(c([2H])c1-c1cccc(-c3c([2H])c([2H])c4c(c3[2H])C(C([2H])([2H])[2H])(C([2H])([2H])[2H])C([2H])([2H])C([2H])([2H])C4(C([2H])([2H])[2H])C([2H])([2H])C)c1-[n+]1[c-]n(-c3cccc(Oc4ccc5c6ccccc6n(-c6cc(C(C)(C)C)ccn6)c5c4)c3)c3ccc(C(C)(C)C)cc31)C(C([2H])([2H])[2H])(C([2H])([2H])[2H])C([2H])([2H])C([2H])([2H])C2(C([2H])([2H])[2H])C([2H])([2H])[2H]. The second-order valence-electron chi connectivity index (χ2n) is 22.0. The van der Waals surface area contributed by atoms with Crippen molar-refractivity contribution in [3.05, 3.63) is 197 Å². The number of hydrogen-bond donors (Lipinski definition) is 0. The van der Waals surface area contributed by atoms with E-state index in [0.29, 0.717) is 29.6 Å². The minimum absolute atomic E-state index is 0.0840. The molecule has 0 radical (unpaired) electrons. The van der Waals surface area contributed by atoms with Crippen molar-refractivity contribution in [2.75, 3.05) is 0 Å². The van der Waals surface area contributed by atoms with Crippen LogP contribution in [0.25, 0.3) is 72.3 Å². The third-order valence-corrected chi connectivity index (χ3v) is 14.5. The van der Waals surface area contributed by atoms with Gasteiger partial charge in [0.15, 0.2) is 0 Å². The number of ether oxygens (including phenoxy) is 1. The van der Waals surface area contributed by atoms with Crippen molar-refractivity contribution >= 4 is 32.8 Å². The highest BCUT2D eigenvalue weighted by molar-refractivity contribution is 6.09. The second-order valence-corrected chi connectivity index (χ2v) is 22.0. The summed E-state index contributed by atoms with van der Waals surface area (Å²) in [6, 6.07) is 20.9. The Labute approximate surface area is 516 Å². The van der Waals surface area contributed by atoms with Crippen molar-refractivity contribution in [1.82, 2.24) is 14.1 Å². The molecule has 5 heteroatoms. The smallest absolute Gasteiger partial charge is 0.269 e. The van der Waals surface area contributed by atoms with Gasteiger partial charge in [0.1, 0.15) is 17.3 Å². The highest BCUT2D eigenvalue weighted by Gasteiger charge is 2.40. The lowest BCUT2D eigenvalue weighted by molar-refractivity contribution is -0.571. The van der Waals surface area contributed by atoms with E-state index in [4.69, 9.17) is 30.3 Å². The van der Waals surface area contributed by atoms with E-state index in [-0.39, 0.29) is 27.9 Å². The predicted octanol–water partition coefficient (Wildman–Crippen LogP) is 19.0. The molecule has 0 fully saturated rings. The van der Waals surface area contributed by atoms with Crippen molar-refractivity contribution in [2.24, 2.45) is 0 Å².